The Bertz CT molecular complexity index is 1190. The molecule has 1 aliphatic carbocycles. The lowest BCUT2D eigenvalue weighted by atomic mass is 10.1. The molecular weight excluding hydrogens is 410 g/mol. The first-order valence-electron chi connectivity index (χ1n) is 10.2. The Hall–Kier alpha value is -3.74. The topological polar surface area (TPSA) is 80.0 Å². The van der Waals surface area contributed by atoms with Crippen LogP contribution in [-0.4, -0.2) is 32.3 Å². The first-order valence-corrected chi connectivity index (χ1v) is 10.2. The van der Waals surface area contributed by atoms with E-state index in [1.807, 2.05) is 44.2 Å². The Morgan fingerprint density at radius 1 is 0.969 bits per heavy atom. The Morgan fingerprint density at radius 3 is 2.31 bits per heavy atom. The van der Waals surface area contributed by atoms with Crippen molar-refractivity contribution in [1.29, 1.82) is 0 Å². The van der Waals surface area contributed by atoms with Gasteiger partial charge in [-0.05, 0) is 55.3 Å². The summed E-state index contributed by atoms with van der Waals surface area (Å²) < 4.78 is 27.3. The lowest BCUT2D eigenvalue weighted by Crippen LogP contribution is -2.00. The summed E-state index contributed by atoms with van der Waals surface area (Å²) >= 11 is 0. The van der Waals surface area contributed by atoms with Crippen molar-refractivity contribution in [3.63, 3.8) is 0 Å². The fourth-order valence-electron chi connectivity index (χ4n) is 3.81. The predicted octanol–water partition coefficient (Wildman–Crippen LogP) is 4.72. The van der Waals surface area contributed by atoms with Crippen LogP contribution in [0.25, 0.3) is 6.08 Å². The molecule has 0 fully saturated rings. The molecule has 0 atom stereocenters. The normalized spacial score (nSPS) is 13.9. The molecule has 0 amide bonds. The molecule has 3 aromatic rings. The van der Waals surface area contributed by atoms with Crippen molar-refractivity contribution >= 4 is 11.9 Å². The van der Waals surface area contributed by atoms with Gasteiger partial charge in [-0.25, -0.2) is 0 Å². The number of carbonyl (C=O) groups is 1. The summed E-state index contributed by atoms with van der Waals surface area (Å²) in [7, 11) is 4.73. The molecular formula is C25H25NO6. The fraction of sp³-hybridized carbons (Fsp3) is 0.280. The summed E-state index contributed by atoms with van der Waals surface area (Å²) in [5.74, 6) is 3.06. The smallest absolute Gasteiger partial charge is 0.189 e. The van der Waals surface area contributed by atoms with Gasteiger partial charge in [0.25, 0.3) is 0 Å². The van der Waals surface area contributed by atoms with Crippen molar-refractivity contribution in [2.45, 2.75) is 26.9 Å². The molecule has 0 saturated carbocycles. The number of benzene rings is 2. The van der Waals surface area contributed by atoms with Crippen molar-refractivity contribution < 1.29 is 28.3 Å². The first-order chi connectivity index (χ1) is 15.4. The van der Waals surface area contributed by atoms with E-state index in [9.17, 15) is 4.79 Å². The van der Waals surface area contributed by atoms with E-state index in [1.165, 1.54) is 0 Å². The van der Waals surface area contributed by atoms with Gasteiger partial charge < -0.3 is 23.5 Å². The van der Waals surface area contributed by atoms with Gasteiger partial charge in [0.05, 0.1) is 32.6 Å². The molecule has 0 unspecified atom stereocenters. The molecule has 0 spiro atoms. The molecule has 0 N–H and O–H groups in total. The third kappa shape index (κ3) is 3.93. The van der Waals surface area contributed by atoms with Crippen molar-refractivity contribution in [3.8, 4) is 23.0 Å². The monoisotopic (exact) mass is 435 g/mol. The molecule has 0 radical (unpaired) electrons. The minimum atomic E-state index is -0.0151. The van der Waals surface area contributed by atoms with Crippen LogP contribution in [0.2, 0.25) is 0 Å². The van der Waals surface area contributed by atoms with Gasteiger partial charge in [-0.2, -0.15) is 0 Å². The zero-order chi connectivity index (χ0) is 22.8. The molecule has 0 saturated heterocycles. The summed E-state index contributed by atoms with van der Waals surface area (Å²) in [5.41, 5.74) is 4.82. The van der Waals surface area contributed by atoms with Crippen LogP contribution in [0, 0.1) is 13.8 Å². The van der Waals surface area contributed by atoms with Crippen LogP contribution in [0.4, 0.5) is 0 Å². The molecule has 0 bridgehead atoms. The van der Waals surface area contributed by atoms with Gasteiger partial charge in [0, 0.05) is 17.6 Å². The SMILES string of the molecule is COc1cc2c(cc1OC)C(=O)C(=Cc1ccc(OCc3c(C)noc3C)c(OC)c1)C2. The van der Waals surface area contributed by atoms with E-state index in [2.05, 4.69) is 5.16 Å². The molecule has 0 aliphatic heterocycles. The number of rotatable bonds is 7. The van der Waals surface area contributed by atoms with Crippen LogP contribution in [0.15, 0.2) is 40.4 Å². The highest BCUT2D eigenvalue weighted by molar-refractivity contribution is 6.16. The number of nitrogens with zero attached hydrogens (tertiary/aromatic N) is 1. The molecule has 7 heteroatoms. The number of ether oxygens (including phenoxy) is 4. The van der Waals surface area contributed by atoms with Gasteiger partial charge in [-0.3, -0.25) is 4.79 Å². The third-order valence-corrected chi connectivity index (χ3v) is 5.61. The van der Waals surface area contributed by atoms with Gasteiger partial charge >= 0.3 is 0 Å². The van der Waals surface area contributed by atoms with Crippen LogP contribution in [0.1, 0.15) is 38.5 Å². The minimum Gasteiger partial charge on any atom is -0.493 e. The number of carbonyl (C=O) groups excluding carboxylic acids is 1. The Balaban J connectivity index is 1.57. The lowest BCUT2D eigenvalue weighted by molar-refractivity contribution is 0.104. The number of hydrogen-bond donors (Lipinski definition) is 0. The molecule has 32 heavy (non-hydrogen) atoms. The highest BCUT2D eigenvalue weighted by atomic mass is 16.5. The van der Waals surface area contributed by atoms with E-state index < -0.39 is 0 Å². The number of methoxy groups -OCH3 is 3. The zero-order valence-corrected chi connectivity index (χ0v) is 18.8. The Morgan fingerprint density at radius 2 is 1.66 bits per heavy atom. The van der Waals surface area contributed by atoms with Crippen molar-refractivity contribution in [2.24, 2.45) is 0 Å². The molecule has 166 valence electrons. The summed E-state index contributed by atoms with van der Waals surface area (Å²) in [6, 6.07) is 9.19. The first kappa shape index (κ1) is 21.5. The van der Waals surface area contributed by atoms with Crippen molar-refractivity contribution in [3.05, 3.63) is 69.6 Å². The van der Waals surface area contributed by atoms with E-state index in [4.69, 9.17) is 23.5 Å². The molecule has 2 aromatic carbocycles. The number of hydrogen-bond acceptors (Lipinski definition) is 7. The van der Waals surface area contributed by atoms with Crippen molar-refractivity contribution in [2.75, 3.05) is 21.3 Å². The number of aromatic nitrogens is 1. The maximum Gasteiger partial charge on any atom is 0.189 e. The molecule has 1 heterocycles. The van der Waals surface area contributed by atoms with Crippen LogP contribution < -0.4 is 18.9 Å². The highest BCUT2D eigenvalue weighted by Gasteiger charge is 2.27. The summed E-state index contributed by atoms with van der Waals surface area (Å²) in [5, 5.41) is 3.95. The molecule has 1 aliphatic rings. The quantitative estimate of drug-likeness (QED) is 0.497. The average Bonchev–Trinajstić information content (AvgIpc) is 3.29. The van der Waals surface area contributed by atoms with Gasteiger partial charge in [0.15, 0.2) is 28.8 Å². The van der Waals surface area contributed by atoms with E-state index in [0.717, 1.165) is 28.1 Å². The maximum absolute atomic E-state index is 13.0. The number of aryl methyl sites for hydroxylation is 2. The zero-order valence-electron chi connectivity index (χ0n) is 18.8. The van der Waals surface area contributed by atoms with Crippen LogP contribution in [0.3, 0.4) is 0 Å². The summed E-state index contributed by atoms with van der Waals surface area (Å²) in [6.45, 7) is 4.06. The lowest BCUT2D eigenvalue weighted by Gasteiger charge is -2.11. The van der Waals surface area contributed by atoms with Crippen LogP contribution in [0.5, 0.6) is 23.0 Å². The number of ketones is 1. The number of fused-ring (bicyclic) bond motifs is 1. The maximum atomic E-state index is 13.0. The Labute approximate surface area is 186 Å². The Kier molecular flexibility index (Phi) is 5.90. The van der Waals surface area contributed by atoms with Crippen LogP contribution in [-0.2, 0) is 13.0 Å². The number of allylic oxidation sites excluding steroid dienone is 1. The van der Waals surface area contributed by atoms with Gasteiger partial charge in [-0.1, -0.05) is 11.2 Å². The van der Waals surface area contributed by atoms with E-state index >= 15 is 0 Å². The second-order valence-corrected chi connectivity index (χ2v) is 7.54. The molecule has 4 rings (SSSR count). The van der Waals surface area contributed by atoms with Crippen LogP contribution >= 0.6 is 0 Å². The van der Waals surface area contributed by atoms with Gasteiger partial charge in [-0.15, -0.1) is 0 Å². The number of Topliss-reactive ketones (excluding diaryl/α,β-unsaturated/α-hetero) is 1. The molecule has 7 nitrogen and oxygen atoms in total. The standard InChI is InChI=1S/C25H25NO6/c1-14-20(15(2)32-26-14)13-31-21-7-6-16(9-22(21)28-3)8-18-10-17-11-23(29-4)24(30-5)12-19(17)25(18)27/h6-9,11-12H,10,13H2,1-5H3. The summed E-state index contributed by atoms with van der Waals surface area (Å²) in [4.78, 5) is 13.0. The van der Waals surface area contributed by atoms with Gasteiger partial charge in [0.2, 0.25) is 0 Å². The summed E-state index contributed by atoms with van der Waals surface area (Å²) in [6.07, 6.45) is 2.41. The highest BCUT2D eigenvalue weighted by Crippen LogP contribution is 2.37. The minimum absolute atomic E-state index is 0.0151. The van der Waals surface area contributed by atoms with E-state index in [1.54, 1.807) is 27.4 Å². The third-order valence-electron chi connectivity index (χ3n) is 5.61. The second-order valence-electron chi connectivity index (χ2n) is 7.54. The van der Waals surface area contributed by atoms with Gasteiger partial charge in [0.1, 0.15) is 12.4 Å². The largest absolute Gasteiger partial charge is 0.493 e. The van der Waals surface area contributed by atoms with E-state index in [-0.39, 0.29) is 5.78 Å². The predicted molar refractivity (Wildman–Crippen MR) is 119 cm³/mol. The van der Waals surface area contributed by atoms with Crippen molar-refractivity contribution in [1.82, 2.24) is 5.16 Å². The fourth-order valence-corrected chi connectivity index (χ4v) is 3.81. The second kappa shape index (κ2) is 8.78. The average molecular weight is 435 g/mol. The van der Waals surface area contributed by atoms with E-state index in [0.29, 0.717) is 47.2 Å². The molecule has 1 aromatic heterocycles.